The molecular formula is C15H30N2O. The van der Waals surface area contributed by atoms with E-state index in [1.54, 1.807) is 0 Å². The first-order chi connectivity index (χ1) is 8.18. The van der Waals surface area contributed by atoms with Crippen LogP contribution in [0.5, 0.6) is 0 Å². The quantitative estimate of drug-likeness (QED) is 0.792. The molecule has 0 aromatic heterocycles. The molecule has 0 heterocycles. The first kappa shape index (κ1) is 15.5. The molecule has 0 aromatic carbocycles. The van der Waals surface area contributed by atoms with Gasteiger partial charge in [0.2, 0.25) is 5.91 Å². The Morgan fingerprint density at radius 1 is 1.11 bits per heavy atom. The van der Waals surface area contributed by atoms with Crippen LogP contribution >= 0.6 is 0 Å². The van der Waals surface area contributed by atoms with Crippen LogP contribution in [0.3, 0.4) is 0 Å². The van der Waals surface area contributed by atoms with Gasteiger partial charge in [-0.15, -0.1) is 0 Å². The molecule has 1 fully saturated rings. The molecule has 0 aliphatic heterocycles. The van der Waals surface area contributed by atoms with Gasteiger partial charge in [0.05, 0.1) is 6.54 Å². The minimum atomic E-state index is -0.132. The Hall–Kier alpha value is -0.570. The summed E-state index contributed by atoms with van der Waals surface area (Å²) in [6.07, 6.45) is 6.02. The third-order valence-corrected chi connectivity index (χ3v) is 3.36. The van der Waals surface area contributed by atoms with Crippen molar-refractivity contribution in [3.05, 3.63) is 0 Å². The lowest BCUT2D eigenvalue weighted by Crippen LogP contribution is -2.49. The largest absolute Gasteiger partial charge is 0.350 e. The van der Waals surface area contributed by atoms with Crippen molar-refractivity contribution in [1.29, 1.82) is 0 Å². The van der Waals surface area contributed by atoms with E-state index in [9.17, 15) is 4.79 Å². The summed E-state index contributed by atoms with van der Waals surface area (Å²) in [6.45, 7) is 11.3. The summed E-state index contributed by atoms with van der Waals surface area (Å²) in [5.74, 6) is 0.121. The van der Waals surface area contributed by atoms with Crippen LogP contribution in [0, 0.1) is 5.41 Å². The van der Waals surface area contributed by atoms with Gasteiger partial charge in [0.25, 0.3) is 0 Å². The van der Waals surface area contributed by atoms with Crippen LogP contribution < -0.4 is 10.6 Å². The summed E-state index contributed by atoms with van der Waals surface area (Å²) in [6, 6.07) is 0.557. The number of hydrogen-bond donors (Lipinski definition) is 2. The molecule has 0 unspecified atom stereocenters. The summed E-state index contributed by atoms with van der Waals surface area (Å²) in [7, 11) is 0. The van der Waals surface area contributed by atoms with Crippen LogP contribution in [0.4, 0.5) is 0 Å². The van der Waals surface area contributed by atoms with Gasteiger partial charge in [-0.3, -0.25) is 4.79 Å². The summed E-state index contributed by atoms with van der Waals surface area (Å²) in [4.78, 5) is 11.9. The highest BCUT2D eigenvalue weighted by molar-refractivity contribution is 5.78. The Balaban J connectivity index is 2.29. The maximum atomic E-state index is 11.9. The molecule has 0 spiro atoms. The second-order valence-electron chi connectivity index (χ2n) is 7.53. The smallest absolute Gasteiger partial charge is 0.234 e. The van der Waals surface area contributed by atoms with Crippen molar-refractivity contribution in [2.24, 2.45) is 5.41 Å². The van der Waals surface area contributed by atoms with E-state index < -0.39 is 0 Å². The predicted molar refractivity (Wildman–Crippen MR) is 76.6 cm³/mol. The second kappa shape index (κ2) is 6.05. The Labute approximate surface area is 112 Å². The summed E-state index contributed by atoms with van der Waals surface area (Å²) < 4.78 is 0. The van der Waals surface area contributed by atoms with E-state index in [1.165, 1.54) is 25.7 Å². The minimum Gasteiger partial charge on any atom is -0.350 e. The summed E-state index contributed by atoms with van der Waals surface area (Å²) in [5.41, 5.74) is 0.0996. The Morgan fingerprint density at radius 2 is 1.67 bits per heavy atom. The van der Waals surface area contributed by atoms with Gasteiger partial charge in [-0.05, 0) is 38.5 Å². The molecule has 1 aliphatic rings. The fourth-order valence-electron chi connectivity index (χ4n) is 3.16. The summed E-state index contributed by atoms with van der Waals surface area (Å²) in [5, 5.41) is 6.49. The lowest BCUT2D eigenvalue weighted by atomic mass is 9.82. The molecule has 18 heavy (non-hydrogen) atoms. The third kappa shape index (κ3) is 6.39. The molecule has 0 bridgehead atoms. The highest BCUT2D eigenvalue weighted by Crippen LogP contribution is 2.26. The van der Waals surface area contributed by atoms with Crippen molar-refractivity contribution >= 4 is 5.91 Å². The molecule has 0 atom stereocenters. The molecule has 0 radical (unpaired) electrons. The van der Waals surface area contributed by atoms with Crippen molar-refractivity contribution in [2.75, 3.05) is 6.54 Å². The third-order valence-electron chi connectivity index (χ3n) is 3.36. The Bertz CT molecular complexity index is 273. The van der Waals surface area contributed by atoms with Crippen molar-refractivity contribution in [3.8, 4) is 0 Å². The van der Waals surface area contributed by atoms with Crippen molar-refractivity contribution in [1.82, 2.24) is 10.6 Å². The molecule has 3 nitrogen and oxygen atoms in total. The average molecular weight is 254 g/mol. The molecule has 3 heteroatoms. The van der Waals surface area contributed by atoms with Gasteiger partial charge in [0.15, 0.2) is 0 Å². The maximum absolute atomic E-state index is 11.9. The van der Waals surface area contributed by atoms with Gasteiger partial charge in [-0.25, -0.2) is 0 Å². The van der Waals surface area contributed by atoms with E-state index in [1.807, 2.05) is 0 Å². The topological polar surface area (TPSA) is 41.1 Å². The second-order valence-corrected chi connectivity index (χ2v) is 7.53. The van der Waals surface area contributed by atoms with E-state index in [-0.39, 0.29) is 16.9 Å². The van der Waals surface area contributed by atoms with E-state index >= 15 is 0 Å². The number of nitrogens with one attached hydrogen (secondary N) is 2. The fraction of sp³-hybridized carbons (Fsp3) is 0.933. The highest BCUT2D eigenvalue weighted by Gasteiger charge is 2.27. The molecule has 1 amide bonds. The van der Waals surface area contributed by atoms with E-state index in [0.29, 0.717) is 12.6 Å². The fourth-order valence-corrected chi connectivity index (χ4v) is 3.16. The number of carbonyl (C=O) groups is 1. The first-order valence-corrected chi connectivity index (χ1v) is 7.22. The Morgan fingerprint density at radius 3 is 2.17 bits per heavy atom. The molecule has 1 rings (SSSR count). The molecule has 2 N–H and O–H groups in total. The maximum Gasteiger partial charge on any atom is 0.234 e. The number of rotatable bonds is 5. The zero-order chi connectivity index (χ0) is 13.8. The van der Waals surface area contributed by atoms with Crippen LogP contribution in [0.1, 0.15) is 66.7 Å². The first-order valence-electron chi connectivity index (χ1n) is 7.22. The number of amides is 1. The molecule has 1 aliphatic carbocycles. The van der Waals surface area contributed by atoms with Gasteiger partial charge in [0, 0.05) is 11.6 Å². The summed E-state index contributed by atoms with van der Waals surface area (Å²) >= 11 is 0. The molecular weight excluding hydrogens is 224 g/mol. The lowest BCUT2D eigenvalue weighted by Gasteiger charge is -2.33. The van der Waals surface area contributed by atoms with Crippen LogP contribution in [-0.4, -0.2) is 24.0 Å². The van der Waals surface area contributed by atoms with Crippen LogP contribution in [0.2, 0.25) is 0 Å². The molecule has 106 valence electrons. The van der Waals surface area contributed by atoms with E-state index in [2.05, 4.69) is 45.3 Å². The number of carbonyl (C=O) groups excluding carboxylic acids is 1. The normalized spacial score (nSPS) is 18.1. The van der Waals surface area contributed by atoms with E-state index in [4.69, 9.17) is 0 Å². The molecule has 1 saturated carbocycles. The zero-order valence-electron chi connectivity index (χ0n) is 12.7. The standard InChI is InChI=1S/C15H30N2O/c1-14(2,3)11-15(4,5)17-13(18)10-16-12-8-6-7-9-12/h12,16H,6-11H2,1-5H3,(H,17,18). The van der Waals surface area contributed by atoms with Crippen LogP contribution in [-0.2, 0) is 4.79 Å². The van der Waals surface area contributed by atoms with Crippen LogP contribution in [0.25, 0.3) is 0 Å². The van der Waals surface area contributed by atoms with Gasteiger partial charge < -0.3 is 10.6 Å². The van der Waals surface area contributed by atoms with Crippen LogP contribution in [0.15, 0.2) is 0 Å². The zero-order valence-corrected chi connectivity index (χ0v) is 12.7. The monoisotopic (exact) mass is 254 g/mol. The van der Waals surface area contributed by atoms with Crippen molar-refractivity contribution in [3.63, 3.8) is 0 Å². The lowest BCUT2D eigenvalue weighted by molar-refractivity contribution is -0.122. The van der Waals surface area contributed by atoms with Crippen molar-refractivity contribution in [2.45, 2.75) is 78.3 Å². The minimum absolute atomic E-state index is 0.121. The highest BCUT2D eigenvalue weighted by atomic mass is 16.2. The predicted octanol–water partition coefficient (Wildman–Crippen LogP) is 2.85. The van der Waals surface area contributed by atoms with E-state index in [0.717, 1.165) is 6.42 Å². The molecule has 0 aromatic rings. The Kier molecular flexibility index (Phi) is 5.20. The SMILES string of the molecule is CC(C)(C)CC(C)(C)NC(=O)CNC1CCCC1. The van der Waals surface area contributed by atoms with Crippen molar-refractivity contribution < 1.29 is 4.79 Å². The number of hydrogen-bond acceptors (Lipinski definition) is 2. The average Bonchev–Trinajstić information content (AvgIpc) is 2.61. The van der Waals surface area contributed by atoms with Gasteiger partial charge >= 0.3 is 0 Å². The molecule has 0 saturated heterocycles. The van der Waals surface area contributed by atoms with Gasteiger partial charge in [-0.1, -0.05) is 33.6 Å². The van der Waals surface area contributed by atoms with Gasteiger partial charge in [-0.2, -0.15) is 0 Å². The van der Waals surface area contributed by atoms with Gasteiger partial charge in [0.1, 0.15) is 0 Å².